The van der Waals surface area contributed by atoms with E-state index in [9.17, 15) is 4.79 Å². The van der Waals surface area contributed by atoms with E-state index in [0.29, 0.717) is 25.4 Å². The molecule has 17 heavy (non-hydrogen) atoms. The summed E-state index contributed by atoms with van der Waals surface area (Å²) in [6.07, 6.45) is 1.15. The van der Waals surface area contributed by atoms with Gasteiger partial charge in [-0.1, -0.05) is 29.8 Å². The van der Waals surface area contributed by atoms with Crippen LogP contribution in [0.2, 0.25) is 5.02 Å². The van der Waals surface area contributed by atoms with Crippen LogP contribution in [-0.4, -0.2) is 25.5 Å². The average Bonchev–Trinajstić information content (AvgIpc) is 2.35. The summed E-state index contributed by atoms with van der Waals surface area (Å²) in [5, 5.41) is 6.67. The topological polar surface area (TPSA) is 41.1 Å². The maximum atomic E-state index is 11.6. The van der Waals surface area contributed by atoms with Crippen LogP contribution in [-0.2, 0) is 11.2 Å². The lowest BCUT2D eigenvalue weighted by molar-refractivity contribution is -0.121. The third-order valence-electron chi connectivity index (χ3n) is 2.68. The highest BCUT2D eigenvalue weighted by molar-refractivity contribution is 6.31. The Hall–Kier alpha value is -1.06. The predicted octanol–water partition coefficient (Wildman–Crippen LogP) is 2.00. The Labute approximate surface area is 108 Å². The SMILES string of the molecule is CNC(C)CNC(=O)CCc1ccccc1Cl. The Balaban J connectivity index is 2.31. The van der Waals surface area contributed by atoms with E-state index >= 15 is 0 Å². The Morgan fingerprint density at radius 3 is 2.76 bits per heavy atom. The number of aryl methyl sites for hydroxylation is 1. The molecule has 0 saturated heterocycles. The van der Waals surface area contributed by atoms with E-state index in [1.54, 1.807) is 0 Å². The number of carbonyl (C=O) groups excluding carboxylic acids is 1. The van der Waals surface area contributed by atoms with E-state index in [1.807, 2.05) is 38.2 Å². The van der Waals surface area contributed by atoms with E-state index in [2.05, 4.69) is 10.6 Å². The van der Waals surface area contributed by atoms with Crippen LogP contribution in [0, 0.1) is 0 Å². The van der Waals surface area contributed by atoms with Gasteiger partial charge < -0.3 is 10.6 Å². The van der Waals surface area contributed by atoms with Gasteiger partial charge in [-0.25, -0.2) is 0 Å². The Morgan fingerprint density at radius 1 is 1.41 bits per heavy atom. The molecule has 0 radical (unpaired) electrons. The third kappa shape index (κ3) is 5.20. The summed E-state index contributed by atoms with van der Waals surface area (Å²) in [6, 6.07) is 7.91. The zero-order valence-electron chi connectivity index (χ0n) is 10.3. The lowest BCUT2D eigenvalue weighted by atomic mass is 10.1. The summed E-state index contributed by atoms with van der Waals surface area (Å²) in [6.45, 7) is 2.67. The van der Waals surface area contributed by atoms with Crippen LogP contribution in [0.4, 0.5) is 0 Å². The summed E-state index contributed by atoms with van der Waals surface area (Å²) >= 11 is 6.02. The van der Waals surface area contributed by atoms with Crippen molar-refractivity contribution < 1.29 is 4.79 Å². The van der Waals surface area contributed by atoms with Crippen molar-refractivity contribution >= 4 is 17.5 Å². The highest BCUT2D eigenvalue weighted by Gasteiger charge is 2.05. The molecule has 1 aromatic rings. The minimum atomic E-state index is 0.0621. The van der Waals surface area contributed by atoms with Gasteiger partial charge in [0.05, 0.1) is 0 Å². The molecule has 0 fully saturated rings. The van der Waals surface area contributed by atoms with E-state index in [4.69, 9.17) is 11.6 Å². The maximum Gasteiger partial charge on any atom is 0.220 e. The number of halogens is 1. The number of rotatable bonds is 6. The van der Waals surface area contributed by atoms with E-state index in [1.165, 1.54) is 0 Å². The molecule has 0 spiro atoms. The van der Waals surface area contributed by atoms with Crippen molar-refractivity contribution in [3.05, 3.63) is 34.9 Å². The normalized spacial score (nSPS) is 12.2. The molecule has 4 heteroatoms. The Morgan fingerprint density at radius 2 is 2.12 bits per heavy atom. The predicted molar refractivity (Wildman–Crippen MR) is 71.3 cm³/mol. The van der Waals surface area contributed by atoms with Gasteiger partial charge in [0.1, 0.15) is 0 Å². The van der Waals surface area contributed by atoms with Crippen LogP contribution in [0.1, 0.15) is 18.9 Å². The van der Waals surface area contributed by atoms with Crippen molar-refractivity contribution in [1.29, 1.82) is 0 Å². The summed E-state index contributed by atoms with van der Waals surface area (Å²) in [4.78, 5) is 11.6. The van der Waals surface area contributed by atoms with Gasteiger partial charge in [-0.05, 0) is 32.0 Å². The highest BCUT2D eigenvalue weighted by atomic mass is 35.5. The summed E-state index contributed by atoms with van der Waals surface area (Å²) in [5.41, 5.74) is 1.02. The van der Waals surface area contributed by atoms with Gasteiger partial charge in [-0.2, -0.15) is 0 Å². The van der Waals surface area contributed by atoms with Gasteiger partial charge in [0.15, 0.2) is 0 Å². The molecule has 1 atom stereocenters. The molecule has 1 aromatic carbocycles. The highest BCUT2D eigenvalue weighted by Crippen LogP contribution is 2.16. The van der Waals surface area contributed by atoms with Crippen LogP contribution in [0.5, 0.6) is 0 Å². The van der Waals surface area contributed by atoms with Gasteiger partial charge in [-0.3, -0.25) is 4.79 Å². The second-order valence-corrected chi connectivity index (χ2v) is 4.49. The van der Waals surface area contributed by atoms with Crippen molar-refractivity contribution in [2.45, 2.75) is 25.8 Å². The Kier molecular flexibility index (Phi) is 6.01. The smallest absolute Gasteiger partial charge is 0.220 e. The van der Waals surface area contributed by atoms with E-state index in [-0.39, 0.29) is 5.91 Å². The maximum absolute atomic E-state index is 11.6. The fraction of sp³-hybridized carbons (Fsp3) is 0.462. The van der Waals surface area contributed by atoms with Crippen molar-refractivity contribution in [3.8, 4) is 0 Å². The Bertz CT molecular complexity index is 368. The zero-order valence-corrected chi connectivity index (χ0v) is 11.1. The number of hydrogen-bond acceptors (Lipinski definition) is 2. The minimum Gasteiger partial charge on any atom is -0.355 e. The molecule has 2 N–H and O–H groups in total. The number of hydrogen-bond donors (Lipinski definition) is 2. The standard InChI is InChI=1S/C13H19ClN2O/c1-10(15-2)9-16-13(17)8-7-11-5-3-4-6-12(11)14/h3-6,10,15H,7-9H2,1-2H3,(H,16,17). The molecule has 0 aliphatic heterocycles. The minimum absolute atomic E-state index is 0.0621. The number of likely N-dealkylation sites (N-methyl/N-ethyl adjacent to an activating group) is 1. The quantitative estimate of drug-likeness (QED) is 0.815. The molecule has 3 nitrogen and oxygen atoms in total. The zero-order chi connectivity index (χ0) is 12.7. The van der Waals surface area contributed by atoms with Crippen molar-refractivity contribution in [1.82, 2.24) is 10.6 Å². The second kappa shape index (κ2) is 7.30. The fourth-order valence-corrected chi connectivity index (χ4v) is 1.64. The molecule has 1 amide bonds. The molecule has 94 valence electrons. The first-order valence-corrected chi connectivity index (χ1v) is 6.18. The van der Waals surface area contributed by atoms with Gasteiger partial charge in [0, 0.05) is 24.0 Å². The monoisotopic (exact) mass is 254 g/mol. The number of nitrogens with one attached hydrogen (secondary N) is 2. The molecule has 0 bridgehead atoms. The van der Waals surface area contributed by atoms with Gasteiger partial charge in [0.2, 0.25) is 5.91 Å². The van der Waals surface area contributed by atoms with Crippen LogP contribution in [0.3, 0.4) is 0 Å². The first-order chi connectivity index (χ1) is 8.13. The number of benzene rings is 1. The van der Waals surface area contributed by atoms with Crippen LogP contribution in [0.15, 0.2) is 24.3 Å². The lowest BCUT2D eigenvalue weighted by Crippen LogP contribution is -2.37. The molecule has 1 rings (SSSR count). The molecule has 0 aliphatic carbocycles. The molecule has 1 unspecified atom stereocenters. The van der Waals surface area contributed by atoms with E-state index in [0.717, 1.165) is 10.6 Å². The summed E-state index contributed by atoms with van der Waals surface area (Å²) in [5.74, 6) is 0.0621. The molecule has 0 aromatic heterocycles. The second-order valence-electron chi connectivity index (χ2n) is 4.09. The first kappa shape index (κ1) is 14.0. The number of amides is 1. The van der Waals surface area contributed by atoms with Gasteiger partial charge >= 0.3 is 0 Å². The van der Waals surface area contributed by atoms with Crippen molar-refractivity contribution in [2.24, 2.45) is 0 Å². The largest absolute Gasteiger partial charge is 0.355 e. The fourth-order valence-electron chi connectivity index (χ4n) is 1.41. The van der Waals surface area contributed by atoms with Crippen LogP contribution >= 0.6 is 11.6 Å². The summed E-state index contributed by atoms with van der Waals surface area (Å²) in [7, 11) is 1.88. The molecular formula is C13H19ClN2O. The lowest BCUT2D eigenvalue weighted by Gasteiger charge is -2.11. The summed E-state index contributed by atoms with van der Waals surface area (Å²) < 4.78 is 0. The van der Waals surface area contributed by atoms with E-state index < -0.39 is 0 Å². The van der Waals surface area contributed by atoms with Crippen LogP contribution in [0.25, 0.3) is 0 Å². The average molecular weight is 255 g/mol. The van der Waals surface area contributed by atoms with Gasteiger partial charge in [0.25, 0.3) is 0 Å². The molecule has 0 aliphatic rings. The molecule has 0 saturated carbocycles. The van der Waals surface area contributed by atoms with Crippen molar-refractivity contribution in [2.75, 3.05) is 13.6 Å². The van der Waals surface area contributed by atoms with Crippen molar-refractivity contribution in [3.63, 3.8) is 0 Å². The number of carbonyl (C=O) groups is 1. The van der Waals surface area contributed by atoms with Crippen LogP contribution < -0.4 is 10.6 Å². The van der Waals surface area contributed by atoms with Gasteiger partial charge in [-0.15, -0.1) is 0 Å². The third-order valence-corrected chi connectivity index (χ3v) is 3.05. The molecular weight excluding hydrogens is 236 g/mol. The molecule has 0 heterocycles. The first-order valence-electron chi connectivity index (χ1n) is 5.81.